The molecule has 32 heavy (non-hydrogen) atoms. The van der Waals surface area contributed by atoms with Crippen LogP contribution in [0.5, 0.6) is 0 Å². The van der Waals surface area contributed by atoms with Crippen molar-refractivity contribution in [2.75, 3.05) is 11.9 Å². The van der Waals surface area contributed by atoms with Crippen molar-refractivity contribution < 1.29 is 31.5 Å². The molecule has 172 valence electrons. The molecule has 0 heterocycles. The van der Waals surface area contributed by atoms with Crippen molar-refractivity contribution in [3.05, 3.63) is 62.6 Å². The third-order valence-electron chi connectivity index (χ3n) is 4.63. The summed E-state index contributed by atoms with van der Waals surface area (Å²) in [4.78, 5) is 24.7. The van der Waals surface area contributed by atoms with Gasteiger partial charge in [-0.15, -0.1) is 23.2 Å². The largest absolute Gasteiger partial charge is 0.405 e. The Kier molecular flexibility index (Phi) is 7.01. The molecule has 2 unspecified atom stereocenters. The molecule has 1 aliphatic carbocycles. The minimum absolute atomic E-state index is 0.0396. The predicted molar refractivity (Wildman–Crippen MR) is 113 cm³/mol. The highest BCUT2D eigenvalue weighted by Crippen LogP contribution is 2.65. The minimum atomic E-state index is -4.62. The molecule has 4 nitrogen and oxygen atoms in total. The SMILES string of the molecule is O=C(NCC(F)(F)F)c1cc(NC(=O)C2C(c3cc(F)c(F)c(Br)c3)C2(Cl)Cl)ccc1Cl. The summed E-state index contributed by atoms with van der Waals surface area (Å²) in [6.07, 6.45) is -4.62. The Labute approximate surface area is 201 Å². The Morgan fingerprint density at radius 1 is 1.12 bits per heavy atom. The molecule has 0 bridgehead atoms. The molecule has 13 heteroatoms. The second-order valence-electron chi connectivity index (χ2n) is 6.91. The average molecular weight is 581 g/mol. The van der Waals surface area contributed by atoms with Gasteiger partial charge in [-0.3, -0.25) is 9.59 Å². The molecular weight excluding hydrogens is 569 g/mol. The van der Waals surface area contributed by atoms with E-state index in [1.807, 2.05) is 0 Å². The van der Waals surface area contributed by atoms with Crippen LogP contribution in [0.15, 0.2) is 34.8 Å². The van der Waals surface area contributed by atoms with Gasteiger partial charge in [-0.05, 0) is 51.8 Å². The lowest BCUT2D eigenvalue weighted by molar-refractivity contribution is -0.123. The van der Waals surface area contributed by atoms with Gasteiger partial charge in [0.1, 0.15) is 10.9 Å². The van der Waals surface area contributed by atoms with E-state index in [0.717, 1.165) is 12.1 Å². The van der Waals surface area contributed by atoms with Crippen molar-refractivity contribution in [3.8, 4) is 0 Å². The maximum atomic E-state index is 13.7. The summed E-state index contributed by atoms with van der Waals surface area (Å²) >= 11 is 21.1. The zero-order valence-electron chi connectivity index (χ0n) is 15.5. The smallest absolute Gasteiger partial charge is 0.343 e. The van der Waals surface area contributed by atoms with E-state index in [0.29, 0.717) is 0 Å². The fourth-order valence-corrected chi connectivity index (χ4v) is 4.58. The summed E-state index contributed by atoms with van der Waals surface area (Å²) in [5, 5.41) is 3.99. The number of carbonyl (C=O) groups excluding carboxylic acids is 2. The van der Waals surface area contributed by atoms with Crippen LogP contribution in [-0.4, -0.2) is 28.9 Å². The van der Waals surface area contributed by atoms with E-state index in [-0.39, 0.29) is 26.3 Å². The number of anilines is 1. The third kappa shape index (κ3) is 5.30. The predicted octanol–water partition coefficient (Wildman–Crippen LogP) is 6.20. The van der Waals surface area contributed by atoms with Crippen LogP contribution < -0.4 is 10.6 Å². The summed E-state index contributed by atoms with van der Waals surface area (Å²) in [6, 6.07) is 5.74. The molecular formula is C19H11BrCl3F5N2O2. The fourth-order valence-electron chi connectivity index (χ4n) is 3.10. The molecule has 0 aromatic heterocycles. The first-order valence-electron chi connectivity index (χ1n) is 8.70. The van der Waals surface area contributed by atoms with Gasteiger partial charge in [0.25, 0.3) is 5.91 Å². The van der Waals surface area contributed by atoms with E-state index in [2.05, 4.69) is 21.2 Å². The summed E-state index contributed by atoms with van der Waals surface area (Å²) in [7, 11) is 0. The molecule has 2 atom stereocenters. The molecule has 0 saturated heterocycles. The van der Waals surface area contributed by atoms with Crippen LogP contribution in [-0.2, 0) is 4.79 Å². The first-order chi connectivity index (χ1) is 14.7. The molecule has 0 spiro atoms. The van der Waals surface area contributed by atoms with Crippen molar-refractivity contribution in [2.24, 2.45) is 5.92 Å². The van der Waals surface area contributed by atoms with E-state index >= 15 is 0 Å². The van der Waals surface area contributed by atoms with Gasteiger partial charge in [-0.1, -0.05) is 11.6 Å². The van der Waals surface area contributed by atoms with E-state index in [1.165, 1.54) is 18.2 Å². The van der Waals surface area contributed by atoms with Crippen molar-refractivity contribution in [1.82, 2.24) is 5.32 Å². The van der Waals surface area contributed by atoms with Gasteiger partial charge in [-0.2, -0.15) is 13.2 Å². The summed E-state index contributed by atoms with van der Waals surface area (Å²) in [5.41, 5.74) is -0.0735. The Balaban J connectivity index is 1.77. The van der Waals surface area contributed by atoms with Gasteiger partial charge < -0.3 is 10.6 Å². The van der Waals surface area contributed by atoms with Gasteiger partial charge in [0.2, 0.25) is 5.91 Å². The summed E-state index contributed by atoms with van der Waals surface area (Å²) < 4.78 is 62.4. The molecule has 2 aromatic carbocycles. The molecule has 0 aliphatic heterocycles. The molecule has 1 aliphatic rings. The minimum Gasteiger partial charge on any atom is -0.343 e. The number of carbonyl (C=O) groups is 2. The van der Waals surface area contributed by atoms with Gasteiger partial charge in [-0.25, -0.2) is 8.78 Å². The third-order valence-corrected chi connectivity index (χ3v) is 6.48. The number of alkyl halides is 5. The lowest BCUT2D eigenvalue weighted by Crippen LogP contribution is -2.33. The zero-order chi connectivity index (χ0) is 24.0. The Bertz CT molecular complexity index is 1070. The molecule has 2 amide bonds. The Morgan fingerprint density at radius 3 is 2.38 bits per heavy atom. The van der Waals surface area contributed by atoms with Crippen LogP contribution in [0, 0.1) is 17.6 Å². The van der Waals surface area contributed by atoms with E-state index in [1.54, 1.807) is 5.32 Å². The van der Waals surface area contributed by atoms with Crippen molar-refractivity contribution >= 4 is 68.2 Å². The van der Waals surface area contributed by atoms with E-state index in [9.17, 15) is 31.5 Å². The molecule has 2 aromatic rings. The highest BCUT2D eigenvalue weighted by Gasteiger charge is 2.67. The molecule has 2 N–H and O–H groups in total. The molecule has 1 fully saturated rings. The average Bonchev–Trinajstić information content (AvgIpc) is 3.27. The van der Waals surface area contributed by atoms with Crippen molar-refractivity contribution in [2.45, 2.75) is 16.4 Å². The summed E-state index contributed by atoms with van der Waals surface area (Å²) in [6.45, 7) is -1.56. The van der Waals surface area contributed by atoms with Crippen LogP contribution in [0.25, 0.3) is 0 Å². The quantitative estimate of drug-likeness (QED) is 0.252. The number of benzene rings is 2. The Hall–Kier alpha value is -1.62. The molecule has 0 radical (unpaired) electrons. The van der Waals surface area contributed by atoms with Crippen molar-refractivity contribution in [1.29, 1.82) is 0 Å². The van der Waals surface area contributed by atoms with Crippen LogP contribution in [0.1, 0.15) is 21.8 Å². The fraction of sp³-hybridized carbons (Fsp3) is 0.263. The van der Waals surface area contributed by atoms with Crippen LogP contribution in [0.4, 0.5) is 27.6 Å². The van der Waals surface area contributed by atoms with E-state index in [4.69, 9.17) is 34.8 Å². The van der Waals surface area contributed by atoms with Crippen LogP contribution in [0.2, 0.25) is 5.02 Å². The first-order valence-corrected chi connectivity index (χ1v) is 10.6. The number of amides is 2. The van der Waals surface area contributed by atoms with Gasteiger partial charge in [0.05, 0.1) is 21.0 Å². The van der Waals surface area contributed by atoms with Crippen LogP contribution in [0.3, 0.4) is 0 Å². The highest BCUT2D eigenvalue weighted by atomic mass is 79.9. The lowest BCUT2D eigenvalue weighted by atomic mass is 10.1. The zero-order valence-corrected chi connectivity index (χ0v) is 19.3. The second kappa shape index (κ2) is 8.96. The van der Waals surface area contributed by atoms with Crippen molar-refractivity contribution in [3.63, 3.8) is 0 Å². The lowest BCUT2D eigenvalue weighted by Gasteiger charge is -2.11. The number of rotatable bonds is 5. The van der Waals surface area contributed by atoms with Gasteiger partial charge in [0, 0.05) is 11.6 Å². The van der Waals surface area contributed by atoms with E-state index < -0.39 is 52.3 Å². The molecule has 1 saturated carbocycles. The molecule has 3 rings (SSSR count). The number of hydrogen-bond donors (Lipinski definition) is 2. The normalized spacial score (nSPS) is 19.4. The first kappa shape index (κ1) is 25.0. The Morgan fingerprint density at radius 2 is 1.78 bits per heavy atom. The second-order valence-corrected chi connectivity index (χ2v) is 9.62. The highest BCUT2D eigenvalue weighted by molar-refractivity contribution is 9.10. The number of halogens is 9. The number of nitrogens with one attached hydrogen (secondary N) is 2. The maximum absolute atomic E-state index is 13.7. The van der Waals surface area contributed by atoms with Crippen LogP contribution >= 0.6 is 50.7 Å². The maximum Gasteiger partial charge on any atom is 0.405 e. The topological polar surface area (TPSA) is 58.2 Å². The van der Waals surface area contributed by atoms with Gasteiger partial charge >= 0.3 is 6.18 Å². The number of hydrogen-bond acceptors (Lipinski definition) is 2. The standard InChI is InChI=1S/C19H11BrCl3F5N2O2/c20-10-3-7(4-12(24)15(10)25)13-14(19(13,22)23)17(32)30-8-1-2-11(21)9(5-8)16(31)29-6-18(26,27)28/h1-5,13-14H,6H2,(H,29,31)(H,30,32). The monoisotopic (exact) mass is 578 g/mol. The van der Waals surface area contributed by atoms with Gasteiger partial charge in [0.15, 0.2) is 11.6 Å². The summed E-state index contributed by atoms with van der Waals surface area (Å²) in [5.74, 6) is -5.98.